The maximum atomic E-state index is 13.8. The fourth-order valence-electron chi connectivity index (χ4n) is 3.51. The van der Waals surface area contributed by atoms with E-state index >= 15 is 0 Å². The summed E-state index contributed by atoms with van der Waals surface area (Å²) in [4.78, 5) is 13.7. The molecule has 2 unspecified atom stereocenters. The number of nitrogens with zero attached hydrogens (tertiary/aromatic N) is 3. The largest absolute Gasteiger partial charge is 0.490 e. The van der Waals surface area contributed by atoms with Crippen LogP contribution in [-0.4, -0.2) is 91.7 Å². The number of carboxylic acids is 1. The van der Waals surface area contributed by atoms with Gasteiger partial charge in [0.1, 0.15) is 6.61 Å². The maximum absolute atomic E-state index is 13.8. The zero-order valence-corrected chi connectivity index (χ0v) is 17.4. The molecular weight excluding hydrogens is 436 g/mol. The number of hydrogen-bond acceptors (Lipinski definition) is 7. The SMILES string of the molecule is N#Cc1ccc(OCCN2CC3CN(CCCN)CC(C2)O3)c(F)c1.O=C(O)C(F)(F)F. The van der Waals surface area contributed by atoms with Gasteiger partial charge in [-0.25, -0.2) is 9.18 Å². The number of nitriles is 1. The number of benzene rings is 1. The standard InChI is InChI=1S/C18H25FN4O2.C2HF3O2/c19-17-8-14(9-21)2-3-18(17)24-7-6-23-12-15-10-22(5-1-4-20)11-16(13-23)25-15;3-2(4,5)1(6)7/h2-3,8,15-16H,1,4-7,10-13,20H2;(H,6,7). The highest BCUT2D eigenvalue weighted by Crippen LogP contribution is 2.20. The Bertz CT molecular complexity index is 789. The Morgan fingerprint density at radius 3 is 2.25 bits per heavy atom. The second-order valence-corrected chi connectivity index (χ2v) is 7.45. The first-order valence-corrected chi connectivity index (χ1v) is 10.0. The quantitative estimate of drug-likeness (QED) is 0.586. The summed E-state index contributed by atoms with van der Waals surface area (Å²) in [6.45, 7) is 6.54. The molecule has 2 heterocycles. The van der Waals surface area contributed by atoms with Gasteiger partial charge in [0.15, 0.2) is 11.6 Å². The third-order valence-corrected chi connectivity index (χ3v) is 4.88. The van der Waals surface area contributed by atoms with E-state index in [4.69, 9.17) is 30.4 Å². The van der Waals surface area contributed by atoms with Gasteiger partial charge >= 0.3 is 12.1 Å². The summed E-state index contributed by atoms with van der Waals surface area (Å²) in [5, 5.41) is 15.9. The molecule has 2 bridgehead atoms. The van der Waals surface area contributed by atoms with Crippen LogP contribution in [0, 0.1) is 17.1 Å². The van der Waals surface area contributed by atoms with Crippen LogP contribution in [-0.2, 0) is 9.53 Å². The Morgan fingerprint density at radius 1 is 1.22 bits per heavy atom. The number of rotatable bonds is 7. The molecule has 3 rings (SSSR count). The van der Waals surface area contributed by atoms with Crippen molar-refractivity contribution in [3.05, 3.63) is 29.6 Å². The van der Waals surface area contributed by atoms with E-state index in [0.29, 0.717) is 12.2 Å². The maximum Gasteiger partial charge on any atom is 0.490 e. The van der Waals surface area contributed by atoms with Crippen molar-refractivity contribution in [3.63, 3.8) is 0 Å². The first-order valence-electron chi connectivity index (χ1n) is 10.0. The number of nitrogens with two attached hydrogens (primary N) is 1. The van der Waals surface area contributed by atoms with Crippen LogP contribution < -0.4 is 10.5 Å². The van der Waals surface area contributed by atoms with Crippen LogP contribution in [0.1, 0.15) is 12.0 Å². The van der Waals surface area contributed by atoms with Gasteiger partial charge in [0.25, 0.3) is 0 Å². The Kier molecular flexibility index (Phi) is 9.64. The molecule has 2 fully saturated rings. The van der Waals surface area contributed by atoms with Gasteiger partial charge in [-0.3, -0.25) is 9.80 Å². The zero-order chi connectivity index (χ0) is 23.7. The zero-order valence-electron chi connectivity index (χ0n) is 17.4. The summed E-state index contributed by atoms with van der Waals surface area (Å²) in [6, 6.07) is 6.19. The molecule has 1 aromatic carbocycles. The molecule has 12 heteroatoms. The van der Waals surface area contributed by atoms with Crippen molar-refractivity contribution in [2.45, 2.75) is 24.8 Å². The van der Waals surface area contributed by atoms with Crippen LogP contribution >= 0.6 is 0 Å². The summed E-state index contributed by atoms with van der Waals surface area (Å²) in [6.07, 6.45) is -3.62. The Hall–Kier alpha value is -2.46. The number of fused-ring (bicyclic) bond motifs is 2. The molecule has 0 amide bonds. The van der Waals surface area contributed by atoms with E-state index in [9.17, 15) is 17.6 Å². The number of carboxylic acid groups (broad SMARTS) is 1. The normalized spacial score (nSPS) is 21.2. The van der Waals surface area contributed by atoms with E-state index in [1.54, 1.807) is 6.07 Å². The molecule has 2 saturated heterocycles. The first kappa shape index (κ1) is 25.8. The molecule has 2 atom stereocenters. The Morgan fingerprint density at radius 2 is 1.78 bits per heavy atom. The van der Waals surface area contributed by atoms with E-state index in [-0.39, 0.29) is 18.0 Å². The fourth-order valence-corrected chi connectivity index (χ4v) is 3.51. The number of carbonyl (C=O) groups is 1. The minimum atomic E-state index is -5.08. The van der Waals surface area contributed by atoms with Crippen molar-refractivity contribution in [1.82, 2.24) is 9.80 Å². The van der Waals surface area contributed by atoms with E-state index in [0.717, 1.165) is 52.2 Å². The molecule has 3 N–H and O–H groups in total. The molecule has 0 saturated carbocycles. The van der Waals surface area contributed by atoms with E-state index in [1.807, 2.05) is 6.07 Å². The topological polar surface area (TPSA) is 112 Å². The van der Waals surface area contributed by atoms with Crippen LogP contribution in [0.25, 0.3) is 0 Å². The minimum Gasteiger partial charge on any atom is -0.489 e. The summed E-state index contributed by atoms with van der Waals surface area (Å²) in [5.41, 5.74) is 5.89. The second-order valence-electron chi connectivity index (χ2n) is 7.45. The van der Waals surface area contributed by atoms with Gasteiger partial charge in [0.05, 0.1) is 23.8 Å². The molecule has 0 aromatic heterocycles. The van der Waals surface area contributed by atoms with Gasteiger partial charge in [0, 0.05) is 32.7 Å². The summed E-state index contributed by atoms with van der Waals surface area (Å²) < 4.78 is 57.1. The number of aliphatic carboxylic acids is 1. The number of morpholine rings is 2. The lowest BCUT2D eigenvalue weighted by molar-refractivity contribution is -0.192. The van der Waals surface area contributed by atoms with Crippen LogP contribution in [0.4, 0.5) is 17.6 Å². The van der Waals surface area contributed by atoms with Gasteiger partial charge in [-0.15, -0.1) is 0 Å². The van der Waals surface area contributed by atoms with Gasteiger partial charge in [-0.2, -0.15) is 18.4 Å². The van der Waals surface area contributed by atoms with Gasteiger partial charge in [0.2, 0.25) is 0 Å². The first-order chi connectivity index (χ1) is 15.1. The summed E-state index contributed by atoms with van der Waals surface area (Å²) >= 11 is 0. The molecule has 178 valence electrons. The van der Waals surface area contributed by atoms with Crippen LogP contribution in [0.15, 0.2) is 18.2 Å². The molecule has 1 aromatic rings. The van der Waals surface area contributed by atoms with Crippen molar-refractivity contribution >= 4 is 5.97 Å². The minimum absolute atomic E-state index is 0.195. The van der Waals surface area contributed by atoms with Crippen molar-refractivity contribution in [2.75, 3.05) is 52.4 Å². The van der Waals surface area contributed by atoms with Crippen molar-refractivity contribution in [3.8, 4) is 11.8 Å². The molecule has 2 aliphatic heterocycles. The molecular formula is C20H26F4N4O4. The van der Waals surface area contributed by atoms with Crippen LogP contribution in [0.5, 0.6) is 5.75 Å². The third-order valence-electron chi connectivity index (χ3n) is 4.88. The smallest absolute Gasteiger partial charge is 0.489 e. The fraction of sp³-hybridized carbons (Fsp3) is 0.600. The summed E-state index contributed by atoms with van der Waals surface area (Å²) in [5.74, 6) is -3.05. The predicted octanol–water partition coefficient (Wildman–Crippen LogP) is 1.44. The Balaban J connectivity index is 0.000000451. The lowest BCUT2D eigenvalue weighted by Crippen LogP contribution is -2.60. The lowest BCUT2D eigenvalue weighted by atomic mass is 10.1. The van der Waals surface area contributed by atoms with Gasteiger partial charge in [-0.05, 0) is 37.7 Å². The lowest BCUT2D eigenvalue weighted by Gasteiger charge is -2.45. The van der Waals surface area contributed by atoms with Crippen molar-refractivity contribution < 1.29 is 36.9 Å². The van der Waals surface area contributed by atoms with Crippen molar-refractivity contribution in [2.24, 2.45) is 5.73 Å². The average Bonchev–Trinajstić information content (AvgIpc) is 2.72. The molecule has 2 aliphatic rings. The molecule has 8 nitrogen and oxygen atoms in total. The van der Waals surface area contributed by atoms with Gasteiger partial charge in [-0.1, -0.05) is 0 Å². The van der Waals surface area contributed by atoms with Crippen LogP contribution in [0.2, 0.25) is 0 Å². The average molecular weight is 462 g/mol. The molecule has 0 radical (unpaired) electrons. The molecule has 0 aliphatic carbocycles. The van der Waals surface area contributed by atoms with Crippen molar-refractivity contribution in [1.29, 1.82) is 5.26 Å². The third kappa shape index (κ3) is 8.23. The van der Waals surface area contributed by atoms with Crippen LogP contribution in [0.3, 0.4) is 0 Å². The Labute approximate surface area is 183 Å². The highest BCUT2D eigenvalue weighted by molar-refractivity contribution is 5.73. The number of alkyl halides is 3. The monoisotopic (exact) mass is 462 g/mol. The highest BCUT2D eigenvalue weighted by atomic mass is 19.4. The summed E-state index contributed by atoms with van der Waals surface area (Å²) in [7, 11) is 0. The van der Waals surface area contributed by atoms with Gasteiger partial charge < -0.3 is 20.3 Å². The number of hydrogen-bond donors (Lipinski definition) is 2. The molecule has 0 spiro atoms. The van der Waals surface area contributed by atoms with E-state index < -0.39 is 18.0 Å². The van der Waals surface area contributed by atoms with E-state index in [2.05, 4.69) is 9.80 Å². The second kappa shape index (κ2) is 12.0. The highest BCUT2D eigenvalue weighted by Gasteiger charge is 2.38. The number of halogens is 4. The molecule has 32 heavy (non-hydrogen) atoms. The number of ether oxygens (including phenoxy) is 2. The van der Waals surface area contributed by atoms with E-state index in [1.165, 1.54) is 12.1 Å². The predicted molar refractivity (Wildman–Crippen MR) is 106 cm³/mol.